The minimum absolute atomic E-state index is 0.735. The van der Waals surface area contributed by atoms with Gasteiger partial charge in [0.05, 0.1) is 11.0 Å². The number of aryl methyl sites for hydroxylation is 1. The maximum atomic E-state index is 5.42. The molecule has 0 saturated carbocycles. The summed E-state index contributed by atoms with van der Waals surface area (Å²) in [7, 11) is 2.03. The van der Waals surface area contributed by atoms with Crippen LogP contribution in [0.4, 0.5) is 0 Å². The third-order valence-corrected chi connectivity index (χ3v) is 2.51. The molecule has 3 nitrogen and oxygen atoms in total. The molecule has 1 N–H and O–H groups in total. The third-order valence-electron chi connectivity index (χ3n) is 2.32. The Morgan fingerprint density at radius 2 is 2.21 bits per heavy atom. The van der Waals surface area contributed by atoms with Crippen molar-refractivity contribution in [2.45, 2.75) is 6.42 Å². The molecular weight excluding hydrogens is 198 g/mol. The number of nitrogens with one attached hydrogen (secondary N) is 1. The Hall–Kier alpha value is -1.06. The zero-order valence-corrected chi connectivity index (χ0v) is 8.75. The van der Waals surface area contributed by atoms with Gasteiger partial charge in [0, 0.05) is 20.0 Å². The van der Waals surface area contributed by atoms with Gasteiger partial charge in [0.15, 0.2) is 0 Å². The van der Waals surface area contributed by atoms with Crippen LogP contribution in [0.1, 0.15) is 5.82 Å². The van der Waals surface area contributed by atoms with Gasteiger partial charge in [-0.25, -0.2) is 9.82 Å². The van der Waals surface area contributed by atoms with Crippen LogP contribution >= 0.6 is 11.8 Å². The molecule has 14 heavy (non-hydrogen) atoms. The second-order valence-corrected chi connectivity index (χ2v) is 3.48. The first kappa shape index (κ1) is 9.49. The third kappa shape index (κ3) is 1.61. The number of benzene rings is 1. The Balaban J connectivity index is 2.41. The van der Waals surface area contributed by atoms with E-state index in [0.29, 0.717) is 0 Å². The molecule has 0 unspecified atom stereocenters. The molecule has 2 aromatic rings. The Kier molecular flexibility index (Phi) is 2.70. The van der Waals surface area contributed by atoms with Crippen LogP contribution in [0.15, 0.2) is 24.3 Å². The lowest BCUT2D eigenvalue weighted by Gasteiger charge is -2.00. The number of fused-ring (bicyclic) bond motifs is 1. The maximum Gasteiger partial charge on any atom is 0.110 e. The van der Waals surface area contributed by atoms with Crippen LogP contribution in [0.2, 0.25) is 0 Å². The molecule has 0 saturated heterocycles. The highest BCUT2D eigenvalue weighted by atomic mass is 35.5. The number of halogens is 1. The highest BCUT2D eigenvalue weighted by Gasteiger charge is 2.05. The number of imidazole rings is 1. The van der Waals surface area contributed by atoms with Gasteiger partial charge >= 0.3 is 0 Å². The Bertz CT molecular complexity index is 436. The van der Waals surface area contributed by atoms with Gasteiger partial charge in [0.1, 0.15) is 5.82 Å². The minimum atomic E-state index is 0.735. The number of hydrogen-bond donors (Lipinski definition) is 1. The van der Waals surface area contributed by atoms with Crippen molar-refractivity contribution in [3.8, 4) is 0 Å². The molecule has 0 fully saturated rings. The molecule has 0 atom stereocenters. The second-order valence-electron chi connectivity index (χ2n) is 3.21. The molecule has 1 aromatic heterocycles. The molecular formula is C10H12ClN3. The van der Waals surface area contributed by atoms with Crippen LogP contribution in [0, 0.1) is 0 Å². The van der Waals surface area contributed by atoms with Crippen molar-refractivity contribution in [2.75, 3.05) is 6.54 Å². The Labute approximate surface area is 87.8 Å². The van der Waals surface area contributed by atoms with Crippen LogP contribution in [-0.2, 0) is 13.5 Å². The molecule has 0 aliphatic heterocycles. The van der Waals surface area contributed by atoms with E-state index in [1.807, 2.05) is 25.2 Å². The molecule has 0 radical (unpaired) electrons. The van der Waals surface area contributed by atoms with Crippen molar-refractivity contribution in [1.82, 2.24) is 14.4 Å². The fourth-order valence-electron chi connectivity index (χ4n) is 1.58. The quantitative estimate of drug-likeness (QED) is 0.783. The van der Waals surface area contributed by atoms with Crippen LogP contribution in [-0.4, -0.2) is 16.1 Å². The number of hydrogen-bond acceptors (Lipinski definition) is 2. The summed E-state index contributed by atoms with van der Waals surface area (Å²) in [4.78, 5) is 7.12. The fourth-order valence-corrected chi connectivity index (χ4v) is 1.67. The van der Waals surface area contributed by atoms with Crippen molar-refractivity contribution in [3.63, 3.8) is 0 Å². The van der Waals surface area contributed by atoms with E-state index in [2.05, 4.69) is 20.5 Å². The van der Waals surface area contributed by atoms with Gasteiger partial charge in [-0.2, -0.15) is 0 Å². The summed E-state index contributed by atoms with van der Waals surface area (Å²) in [6.45, 7) is 0.735. The van der Waals surface area contributed by atoms with Gasteiger partial charge < -0.3 is 4.57 Å². The molecule has 1 heterocycles. The van der Waals surface area contributed by atoms with Crippen molar-refractivity contribution in [2.24, 2.45) is 7.05 Å². The Morgan fingerprint density at radius 1 is 1.43 bits per heavy atom. The lowest BCUT2D eigenvalue weighted by Crippen LogP contribution is -2.08. The molecule has 0 amide bonds. The summed E-state index contributed by atoms with van der Waals surface area (Å²) in [6, 6.07) is 8.11. The van der Waals surface area contributed by atoms with E-state index in [1.165, 1.54) is 0 Å². The monoisotopic (exact) mass is 209 g/mol. The SMILES string of the molecule is Cn1c(CCNCl)nc2ccccc21. The number of rotatable bonds is 3. The van der Waals surface area contributed by atoms with Crippen molar-refractivity contribution in [3.05, 3.63) is 30.1 Å². The van der Waals surface area contributed by atoms with Crippen molar-refractivity contribution < 1.29 is 0 Å². The van der Waals surface area contributed by atoms with Crippen LogP contribution in [0.3, 0.4) is 0 Å². The average molecular weight is 210 g/mol. The van der Waals surface area contributed by atoms with Crippen LogP contribution in [0.25, 0.3) is 11.0 Å². The summed E-state index contributed by atoms with van der Waals surface area (Å²) in [5.74, 6) is 1.05. The van der Waals surface area contributed by atoms with Gasteiger partial charge in [0.25, 0.3) is 0 Å². The molecule has 0 aliphatic rings. The van der Waals surface area contributed by atoms with Crippen molar-refractivity contribution in [1.29, 1.82) is 0 Å². The average Bonchev–Trinajstić information content (AvgIpc) is 2.54. The predicted molar refractivity (Wildman–Crippen MR) is 58.3 cm³/mol. The fraction of sp³-hybridized carbons (Fsp3) is 0.300. The summed E-state index contributed by atoms with van der Waals surface area (Å²) in [6.07, 6.45) is 0.842. The maximum absolute atomic E-state index is 5.42. The van der Waals surface area contributed by atoms with Gasteiger partial charge in [-0.1, -0.05) is 12.1 Å². The highest BCUT2D eigenvalue weighted by Crippen LogP contribution is 2.14. The first-order valence-corrected chi connectivity index (χ1v) is 4.94. The van der Waals surface area contributed by atoms with E-state index in [-0.39, 0.29) is 0 Å². The molecule has 2 rings (SSSR count). The molecule has 0 aliphatic carbocycles. The van der Waals surface area contributed by atoms with Gasteiger partial charge in [-0.3, -0.25) is 0 Å². The van der Waals surface area contributed by atoms with E-state index >= 15 is 0 Å². The van der Waals surface area contributed by atoms with E-state index < -0.39 is 0 Å². The Morgan fingerprint density at radius 3 is 2.93 bits per heavy atom. The van der Waals surface area contributed by atoms with Gasteiger partial charge in [-0.05, 0) is 23.9 Å². The molecule has 74 valence electrons. The lowest BCUT2D eigenvalue weighted by molar-refractivity contribution is 0.772. The molecule has 4 heteroatoms. The standard InChI is InChI=1S/C10H12ClN3/c1-14-9-5-3-2-4-8(9)13-10(14)6-7-12-11/h2-5,12H,6-7H2,1H3. The van der Waals surface area contributed by atoms with E-state index in [4.69, 9.17) is 11.8 Å². The van der Waals surface area contributed by atoms with Crippen LogP contribution < -0.4 is 4.84 Å². The smallest absolute Gasteiger partial charge is 0.110 e. The predicted octanol–water partition coefficient (Wildman–Crippen LogP) is 1.86. The number of para-hydroxylation sites is 2. The number of aromatic nitrogens is 2. The van der Waals surface area contributed by atoms with Gasteiger partial charge in [0.2, 0.25) is 0 Å². The lowest BCUT2D eigenvalue weighted by atomic mass is 10.3. The summed E-state index contributed by atoms with van der Waals surface area (Å²) >= 11 is 5.42. The van der Waals surface area contributed by atoms with E-state index in [0.717, 1.165) is 29.8 Å². The largest absolute Gasteiger partial charge is 0.331 e. The van der Waals surface area contributed by atoms with Crippen molar-refractivity contribution >= 4 is 22.8 Å². The summed E-state index contributed by atoms with van der Waals surface area (Å²) in [5.41, 5.74) is 2.21. The van der Waals surface area contributed by atoms with Gasteiger partial charge in [-0.15, -0.1) is 0 Å². The highest BCUT2D eigenvalue weighted by molar-refractivity contribution is 6.13. The summed E-state index contributed by atoms with van der Waals surface area (Å²) in [5, 5.41) is 0. The topological polar surface area (TPSA) is 29.9 Å². The second kappa shape index (κ2) is 3.98. The molecule has 1 aromatic carbocycles. The number of nitrogens with zero attached hydrogens (tertiary/aromatic N) is 2. The molecule has 0 bridgehead atoms. The first-order valence-electron chi connectivity index (χ1n) is 4.57. The zero-order valence-electron chi connectivity index (χ0n) is 8.00. The minimum Gasteiger partial charge on any atom is -0.331 e. The zero-order chi connectivity index (χ0) is 9.97. The first-order chi connectivity index (χ1) is 6.83. The molecule has 0 spiro atoms. The van der Waals surface area contributed by atoms with E-state index in [9.17, 15) is 0 Å². The van der Waals surface area contributed by atoms with E-state index in [1.54, 1.807) is 0 Å². The normalized spacial score (nSPS) is 11.0. The summed E-state index contributed by atoms with van der Waals surface area (Å²) < 4.78 is 2.10. The van der Waals surface area contributed by atoms with Crippen LogP contribution in [0.5, 0.6) is 0 Å².